The number of hydrogen-bond donors (Lipinski definition) is 2. The molecule has 1 aliphatic rings. The van der Waals surface area contributed by atoms with Crippen molar-refractivity contribution in [3.8, 4) is 0 Å². The van der Waals surface area contributed by atoms with Gasteiger partial charge in [0, 0.05) is 30.0 Å². The van der Waals surface area contributed by atoms with Gasteiger partial charge < -0.3 is 15.5 Å². The second-order valence-electron chi connectivity index (χ2n) is 8.23. The lowest BCUT2D eigenvalue weighted by Crippen LogP contribution is -2.37. The van der Waals surface area contributed by atoms with E-state index in [1.165, 1.54) is 5.56 Å². The monoisotopic (exact) mass is 393 g/mol. The van der Waals surface area contributed by atoms with Gasteiger partial charge in [0.2, 0.25) is 5.91 Å². The van der Waals surface area contributed by atoms with E-state index >= 15 is 0 Å². The fourth-order valence-corrected chi connectivity index (χ4v) is 3.87. The van der Waals surface area contributed by atoms with E-state index in [0.29, 0.717) is 11.5 Å². The van der Waals surface area contributed by atoms with E-state index in [4.69, 9.17) is 0 Å². The standard InChI is InChI=1S/C24H31N3O2/c1-16-9-11-27(12-10-16)24(29)20-5-7-21(8-6-20)25-15-22(28)26-23-18(3)13-17(2)14-19(23)4/h5-8,13-14,16,25H,9-12,15H2,1-4H3,(H,26,28). The van der Waals surface area contributed by atoms with Gasteiger partial charge in [0.05, 0.1) is 6.54 Å². The van der Waals surface area contributed by atoms with Crippen molar-refractivity contribution in [3.63, 3.8) is 0 Å². The zero-order valence-corrected chi connectivity index (χ0v) is 17.8. The lowest BCUT2D eigenvalue weighted by molar-refractivity contribution is -0.114. The number of aryl methyl sites for hydroxylation is 3. The molecule has 1 saturated heterocycles. The van der Waals surface area contributed by atoms with Crippen molar-refractivity contribution >= 4 is 23.2 Å². The number of rotatable bonds is 5. The number of nitrogens with zero attached hydrogens (tertiary/aromatic N) is 1. The molecular weight excluding hydrogens is 362 g/mol. The van der Waals surface area contributed by atoms with Crippen molar-refractivity contribution in [3.05, 3.63) is 58.7 Å². The van der Waals surface area contributed by atoms with Gasteiger partial charge in [0.15, 0.2) is 0 Å². The first-order chi connectivity index (χ1) is 13.8. The number of carbonyl (C=O) groups excluding carboxylic acids is 2. The molecule has 1 aliphatic heterocycles. The van der Waals surface area contributed by atoms with Gasteiger partial charge in [-0.25, -0.2) is 0 Å². The Morgan fingerprint density at radius 3 is 2.17 bits per heavy atom. The summed E-state index contributed by atoms with van der Waals surface area (Å²) in [5, 5.41) is 6.12. The van der Waals surface area contributed by atoms with Crippen LogP contribution in [0, 0.1) is 26.7 Å². The highest BCUT2D eigenvalue weighted by atomic mass is 16.2. The van der Waals surface area contributed by atoms with Crippen LogP contribution >= 0.6 is 0 Å². The number of piperidine rings is 1. The van der Waals surface area contributed by atoms with Crippen molar-refractivity contribution < 1.29 is 9.59 Å². The highest BCUT2D eigenvalue weighted by molar-refractivity contribution is 5.96. The fourth-order valence-electron chi connectivity index (χ4n) is 3.87. The third kappa shape index (κ3) is 5.37. The zero-order chi connectivity index (χ0) is 21.0. The van der Waals surface area contributed by atoms with E-state index in [1.807, 2.05) is 49.9 Å². The van der Waals surface area contributed by atoms with Crippen molar-refractivity contribution in [2.24, 2.45) is 5.92 Å². The molecule has 0 aromatic heterocycles. The molecule has 2 N–H and O–H groups in total. The number of hydrogen-bond acceptors (Lipinski definition) is 3. The molecule has 0 spiro atoms. The van der Waals surface area contributed by atoms with Gasteiger partial charge in [-0.15, -0.1) is 0 Å². The predicted molar refractivity (Wildman–Crippen MR) is 119 cm³/mol. The summed E-state index contributed by atoms with van der Waals surface area (Å²) >= 11 is 0. The Bertz CT molecular complexity index is 858. The Morgan fingerprint density at radius 1 is 1.00 bits per heavy atom. The van der Waals surface area contributed by atoms with E-state index < -0.39 is 0 Å². The number of benzene rings is 2. The van der Waals surface area contributed by atoms with Gasteiger partial charge in [-0.3, -0.25) is 9.59 Å². The van der Waals surface area contributed by atoms with Crippen molar-refractivity contribution in [2.45, 2.75) is 40.5 Å². The number of amides is 2. The molecule has 0 unspecified atom stereocenters. The van der Waals surface area contributed by atoms with Crippen LogP contribution in [0.15, 0.2) is 36.4 Å². The quantitative estimate of drug-likeness (QED) is 0.784. The third-order valence-corrected chi connectivity index (χ3v) is 5.60. The molecule has 2 amide bonds. The number of carbonyl (C=O) groups is 2. The topological polar surface area (TPSA) is 61.4 Å². The highest BCUT2D eigenvalue weighted by Crippen LogP contribution is 2.22. The number of anilines is 2. The predicted octanol–water partition coefficient (Wildman–Crippen LogP) is 4.53. The van der Waals surface area contributed by atoms with Crippen LogP contribution in [0.3, 0.4) is 0 Å². The van der Waals surface area contributed by atoms with E-state index in [9.17, 15) is 9.59 Å². The molecule has 1 heterocycles. The van der Waals surface area contributed by atoms with E-state index in [2.05, 4.69) is 29.7 Å². The largest absolute Gasteiger partial charge is 0.376 e. The molecule has 0 aliphatic carbocycles. The van der Waals surface area contributed by atoms with E-state index in [1.54, 1.807) is 0 Å². The lowest BCUT2D eigenvalue weighted by atomic mass is 9.98. The first-order valence-electron chi connectivity index (χ1n) is 10.3. The average molecular weight is 394 g/mol. The van der Waals surface area contributed by atoms with Crippen molar-refractivity contribution in [1.29, 1.82) is 0 Å². The maximum atomic E-state index is 12.6. The van der Waals surface area contributed by atoms with Crippen LogP contribution in [0.25, 0.3) is 0 Å². The van der Waals surface area contributed by atoms with Crippen molar-refractivity contribution in [1.82, 2.24) is 4.90 Å². The summed E-state index contributed by atoms with van der Waals surface area (Å²) in [6, 6.07) is 11.5. The Balaban J connectivity index is 1.54. The van der Waals surface area contributed by atoms with E-state index in [0.717, 1.165) is 48.4 Å². The zero-order valence-electron chi connectivity index (χ0n) is 17.8. The summed E-state index contributed by atoms with van der Waals surface area (Å²) in [6.07, 6.45) is 2.14. The van der Waals surface area contributed by atoms with Gasteiger partial charge in [0.25, 0.3) is 5.91 Å². The van der Waals surface area contributed by atoms with Gasteiger partial charge >= 0.3 is 0 Å². The first kappa shape index (κ1) is 20.9. The van der Waals surface area contributed by atoms with Gasteiger partial charge in [-0.1, -0.05) is 24.6 Å². The third-order valence-electron chi connectivity index (χ3n) is 5.60. The van der Waals surface area contributed by atoms with E-state index in [-0.39, 0.29) is 18.4 Å². The molecule has 3 rings (SSSR count). The number of nitrogens with one attached hydrogen (secondary N) is 2. The maximum absolute atomic E-state index is 12.6. The summed E-state index contributed by atoms with van der Waals surface area (Å²) in [4.78, 5) is 26.9. The van der Waals surface area contributed by atoms with Crippen molar-refractivity contribution in [2.75, 3.05) is 30.3 Å². The van der Waals surface area contributed by atoms with Gasteiger partial charge in [-0.2, -0.15) is 0 Å². The molecule has 0 bridgehead atoms. The Morgan fingerprint density at radius 2 is 1.59 bits per heavy atom. The summed E-state index contributed by atoms with van der Waals surface area (Å²) in [7, 11) is 0. The molecule has 2 aromatic rings. The molecule has 154 valence electrons. The minimum absolute atomic E-state index is 0.0894. The first-order valence-corrected chi connectivity index (χ1v) is 10.3. The Labute approximate surface area is 173 Å². The normalized spacial score (nSPS) is 14.6. The fraction of sp³-hybridized carbons (Fsp3) is 0.417. The Kier molecular flexibility index (Phi) is 6.57. The summed E-state index contributed by atoms with van der Waals surface area (Å²) in [5.74, 6) is 0.693. The van der Waals surface area contributed by atoms with Crippen LogP contribution in [0.5, 0.6) is 0 Å². The van der Waals surface area contributed by atoms with Crippen LogP contribution in [0.4, 0.5) is 11.4 Å². The Hall–Kier alpha value is -2.82. The summed E-state index contributed by atoms with van der Waals surface area (Å²) in [6.45, 7) is 10.1. The number of likely N-dealkylation sites (tertiary alicyclic amines) is 1. The molecule has 29 heavy (non-hydrogen) atoms. The van der Waals surface area contributed by atoms with Gasteiger partial charge in [-0.05, 0) is 74.9 Å². The van der Waals surface area contributed by atoms with Gasteiger partial charge in [0.1, 0.15) is 0 Å². The minimum Gasteiger partial charge on any atom is -0.376 e. The molecule has 0 saturated carbocycles. The smallest absolute Gasteiger partial charge is 0.253 e. The summed E-state index contributed by atoms with van der Waals surface area (Å²) < 4.78 is 0. The molecule has 2 aromatic carbocycles. The molecule has 1 fully saturated rings. The maximum Gasteiger partial charge on any atom is 0.253 e. The molecule has 0 radical (unpaired) electrons. The molecule has 5 heteroatoms. The van der Waals surface area contributed by atoms with Crippen LogP contribution in [0.1, 0.15) is 46.8 Å². The van der Waals surface area contributed by atoms with Crippen LogP contribution in [-0.4, -0.2) is 36.3 Å². The molecule has 5 nitrogen and oxygen atoms in total. The van der Waals surface area contributed by atoms with Crippen LogP contribution in [0.2, 0.25) is 0 Å². The van der Waals surface area contributed by atoms with Crippen LogP contribution < -0.4 is 10.6 Å². The average Bonchev–Trinajstić information content (AvgIpc) is 2.69. The van der Waals surface area contributed by atoms with Crippen LogP contribution in [-0.2, 0) is 4.79 Å². The summed E-state index contributed by atoms with van der Waals surface area (Å²) in [5.41, 5.74) is 5.70. The molecule has 0 atom stereocenters. The minimum atomic E-state index is -0.0948. The second kappa shape index (κ2) is 9.12. The molecular formula is C24H31N3O2. The SMILES string of the molecule is Cc1cc(C)c(NC(=O)CNc2ccc(C(=O)N3CCC(C)CC3)cc2)c(C)c1. The highest BCUT2D eigenvalue weighted by Gasteiger charge is 2.21. The lowest BCUT2D eigenvalue weighted by Gasteiger charge is -2.30. The second-order valence-corrected chi connectivity index (χ2v) is 8.23.